The summed E-state index contributed by atoms with van der Waals surface area (Å²) >= 11 is 6.38. The molecule has 0 radical (unpaired) electrons. The van der Waals surface area contributed by atoms with Crippen LogP contribution in [0.25, 0.3) is 16.7 Å². The first kappa shape index (κ1) is 30.9. The molecule has 0 saturated heterocycles. The molecule has 0 bridgehead atoms. The SMILES string of the molecule is C=C1NC(c2cc(F)ccc2Cl)c2c(N=C(NN)c3cc(F)cc(C(F)(F)F)c3N)cc3c(c21)n(CF)c(=N)n3CC(F)F. The Labute approximate surface area is 247 Å². The van der Waals surface area contributed by atoms with Gasteiger partial charge in [0.25, 0.3) is 6.43 Å². The second-order valence-corrected chi connectivity index (χ2v) is 10.1. The van der Waals surface area contributed by atoms with Gasteiger partial charge in [0.2, 0.25) is 5.62 Å². The van der Waals surface area contributed by atoms with Crippen LogP contribution in [0.15, 0.2) is 48.0 Å². The molecule has 4 aromatic rings. The molecule has 1 aliphatic rings. The number of rotatable bonds is 6. The summed E-state index contributed by atoms with van der Waals surface area (Å²) in [5.41, 5.74) is 4.21. The number of hydrogen-bond donors (Lipinski definition) is 5. The van der Waals surface area contributed by atoms with E-state index in [0.717, 1.165) is 21.3 Å². The lowest BCUT2D eigenvalue weighted by atomic mass is 9.95. The molecule has 0 aliphatic carbocycles. The first-order valence-corrected chi connectivity index (χ1v) is 12.9. The van der Waals surface area contributed by atoms with Crippen molar-refractivity contribution in [3.05, 3.63) is 93.1 Å². The third-order valence-corrected chi connectivity index (χ3v) is 7.41. The zero-order valence-corrected chi connectivity index (χ0v) is 22.9. The van der Waals surface area contributed by atoms with Gasteiger partial charge in [0.15, 0.2) is 6.80 Å². The first-order chi connectivity index (χ1) is 20.7. The van der Waals surface area contributed by atoms with E-state index in [9.17, 15) is 35.1 Å². The number of hydrazine groups is 1. The summed E-state index contributed by atoms with van der Waals surface area (Å²) < 4.78 is 113. The fraction of sp³-hybridized carbons (Fsp3) is 0.185. The van der Waals surface area contributed by atoms with E-state index in [4.69, 9.17) is 28.6 Å². The Balaban J connectivity index is 1.91. The second-order valence-electron chi connectivity index (χ2n) is 9.66. The quantitative estimate of drug-likeness (QED) is 0.0451. The van der Waals surface area contributed by atoms with Crippen LogP contribution in [0.1, 0.15) is 33.9 Å². The van der Waals surface area contributed by atoms with E-state index in [0.29, 0.717) is 6.07 Å². The van der Waals surface area contributed by atoms with Gasteiger partial charge in [-0.15, -0.1) is 0 Å². The number of amidine groups is 1. The molecule has 0 spiro atoms. The van der Waals surface area contributed by atoms with Crippen LogP contribution < -0.4 is 27.9 Å². The summed E-state index contributed by atoms with van der Waals surface area (Å²) in [5, 5.41) is 11.4. The van der Waals surface area contributed by atoms with E-state index >= 15 is 0 Å². The third-order valence-electron chi connectivity index (χ3n) is 7.06. The van der Waals surface area contributed by atoms with Crippen molar-refractivity contribution in [2.24, 2.45) is 10.8 Å². The number of nitrogens with two attached hydrogens (primary N) is 2. The molecule has 17 heteroatoms. The molecule has 3 aromatic carbocycles. The smallest absolute Gasteiger partial charge is 0.398 e. The second kappa shape index (κ2) is 11.2. The monoisotopic (exact) mass is 644 g/mol. The van der Waals surface area contributed by atoms with Crippen molar-refractivity contribution < 1.29 is 35.1 Å². The minimum Gasteiger partial charge on any atom is -0.398 e. The van der Waals surface area contributed by atoms with Gasteiger partial charge >= 0.3 is 6.18 Å². The Bertz CT molecular complexity index is 1910. The molecule has 2 heterocycles. The number of aliphatic imine (C=N–C) groups is 1. The van der Waals surface area contributed by atoms with Crippen LogP contribution in [0.4, 0.5) is 46.5 Å². The van der Waals surface area contributed by atoms with Gasteiger partial charge in [-0.2, -0.15) is 13.2 Å². The number of nitrogens with zero attached hydrogens (tertiary/aromatic N) is 3. The van der Waals surface area contributed by atoms with Gasteiger partial charge in [-0.1, -0.05) is 18.2 Å². The molecule has 1 unspecified atom stereocenters. The molecule has 0 fully saturated rings. The molecular formula is C27H21ClF8N8. The number of aromatic nitrogens is 2. The van der Waals surface area contributed by atoms with E-state index in [1.807, 2.05) is 0 Å². The molecule has 0 saturated carbocycles. The van der Waals surface area contributed by atoms with Crippen molar-refractivity contribution in [3.8, 4) is 0 Å². The molecule has 232 valence electrons. The Kier molecular flexibility index (Phi) is 7.84. The molecule has 1 atom stereocenters. The largest absolute Gasteiger partial charge is 0.418 e. The van der Waals surface area contributed by atoms with Gasteiger partial charge in [-0.3, -0.25) is 9.98 Å². The normalized spacial score (nSPS) is 15.3. The molecule has 44 heavy (non-hydrogen) atoms. The van der Waals surface area contributed by atoms with Gasteiger partial charge < -0.3 is 21.0 Å². The summed E-state index contributed by atoms with van der Waals surface area (Å²) in [4.78, 5) is 4.33. The highest BCUT2D eigenvalue weighted by Gasteiger charge is 2.37. The van der Waals surface area contributed by atoms with Crippen molar-refractivity contribution in [1.82, 2.24) is 19.9 Å². The summed E-state index contributed by atoms with van der Waals surface area (Å²) in [7, 11) is 0. The van der Waals surface area contributed by atoms with Crippen LogP contribution in [0.2, 0.25) is 5.02 Å². The van der Waals surface area contributed by atoms with Crippen LogP contribution >= 0.6 is 11.6 Å². The lowest BCUT2D eigenvalue weighted by Crippen LogP contribution is -2.32. The lowest BCUT2D eigenvalue weighted by Gasteiger charge is -2.19. The summed E-state index contributed by atoms with van der Waals surface area (Å²) in [5.74, 6) is 3.03. The van der Waals surface area contributed by atoms with Crippen molar-refractivity contribution in [1.29, 1.82) is 5.41 Å². The Hall–Kier alpha value is -4.57. The van der Waals surface area contributed by atoms with Crippen molar-refractivity contribution in [3.63, 3.8) is 0 Å². The van der Waals surface area contributed by atoms with E-state index in [2.05, 4.69) is 22.3 Å². The fourth-order valence-electron chi connectivity index (χ4n) is 5.26. The topological polar surface area (TPSA) is 122 Å². The maximum absolute atomic E-state index is 14.4. The van der Waals surface area contributed by atoms with Crippen LogP contribution in [0.3, 0.4) is 0 Å². The molecular weight excluding hydrogens is 624 g/mol. The average molecular weight is 645 g/mol. The molecule has 1 aromatic heterocycles. The van der Waals surface area contributed by atoms with Crippen molar-refractivity contribution >= 4 is 45.5 Å². The Morgan fingerprint density at radius 3 is 2.45 bits per heavy atom. The van der Waals surface area contributed by atoms with Gasteiger partial charge in [-0.25, -0.2) is 32.8 Å². The molecule has 7 N–H and O–H groups in total. The zero-order valence-electron chi connectivity index (χ0n) is 22.1. The van der Waals surface area contributed by atoms with Gasteiger partial charge in [0.1, 0.15) is 17.5 Å². The van der Waals surface area contributed by atoms with Crippen LogP contribution in [0.5, 0.6) is 0 Å². The Morgan fingerprint density at radius 1 is 1.14 bits per heavy atom. The molecule has 8 nitrogen and oxygen atoms in total. The Morgan fingerprint density at radius 2 is 1.84 bits per heavy atom. The van der Waals surface area contributed by atoms with Crippen LogP contribution in [0, 0.1) is 17.0 Å². The minimum atomic E-state index is -5.05. The zero-order chi connectivity index (χ0) is 32.2. The number of halogens is 9. The number of alkyl halides is 6. The van der Waals surface area contributed by atoms with Crippen LogP contribution in [-0.4, -0.2) is 21.4 Å². The predicted octanol–water partition coefficient (Wildman–Crippen LogP) is 5.85. The number of nitrogen functional groups attached to an aromatic ring is 1. The highest BCUT2D eigenvalue weighted by molar-refractivity contribution is 6.31. The maximum atomic E-state index is 14.4. The molecule has 1 aliphatic heterocycles. The van der Waals surface area contributed by atoms with E-state index in [1.54, 1.807) is 0 Å². The number of anilines is 1. The highest BCUT2D eigenvalue weighted by Crippen LogP contribution is 2.47. The lowest BCUT2D eigenvalue weighted by molar-refractivity contribution is -0.137. The maximum Gasteiger partial charge on any atom is 0.418 e. The highest BCUT2D eigenvalue weighted by atomic mass is 35.5. The van der Waals surface area contributed by atoms with E-state index < -0.39 is 71.9 Å². The van der Waals surface area contributed by atoms with Crippen molar-refractivity contribution in [2.45, 2.75) is 32.0 Å². The minimum absolute atomic E-state index is 0.0495. The number of imidazole rings is 1. The predicted molar refractivity (Wildman–Crippen MR) is 148 cm³/mol. The standard InChI is InChI=1S/C27H21ClF8N8/c1-10-20-21(23(40-10)13-4-11(30)2-3-16(13)28)17(7-18-24(20)44(9-29)26(38)43(18)8-19(32)33)41-25(42-39)14-5-12(31)6-15(22(14)37)27(34,35)36/h2-7,19,23,38,40H,1,8-9,37,39H2,(H,41,42). The molecule has 5 rings (SSSR count). The number of fused-ring (bicyclic) bond motifs is 3. The number of benzene rings is 3. The van der Waals surface area contributed by atoms with Gasteiger partial charge in [-0.05, 0) is 36.4 Å². The third kappa shape index (κ3) is 5.13. The summed E-state index contributed by atoms with van der Waals surface area (Å²) in [6, 6.07) is 4.38. The van der Waals surface area contributed by atoms with E-state index in [-0.39, 0.29) is 50.2 Å². The number of nitrogens with one attached hydrogen (secondary N) is 3. The summed E-state index contributed by atoms with van der Waals surface area (Å²) in [6.07, 6.45) is -8.03. The van der Waals surface area contributed by atoms with Gasteiger partial charge in [0.05, 0.1) is 40.6 Å². The fourth-order valence-corrected chi connectivity index (χ4v) is 5.49. The number of hydrogen-bond acceptors (Lipinski definition) is 5. The average Bonchev–Trinajstić information content (AvgIpc) is 3.42. The van der Waals surface area contributed by atoms with E-state index in [1.165, 1.54) is 12.1 Å². The van der Waals surface area contributed by atoms with Gasteiger partial charge in [0, 0.05) is 33.0 Å². The summed E-state index contributed by atoms with van der Waals surface area (Å²) in [6.45, 7) is 1.58. The molecule has 0 amide bonds. The van der Waals surface area contributed by atoms with Crippen molar-refractivity contribution in [2.75, 3.05) is 5.73 Å². The van der Waals surface area contributed by atoms with Crippen LogP contribution in [-0.2, 0) is 19.5 Å². The first-order valence-electron chi connectivity index (χ1n) is 12.5.